The Labute approximate surface area is 95.9 Å². The molecule has 0 radical (unpaired) electrons. The molecule has 0 bridgehead atoms. The molecule has 1 aliphatic heterocycles. The molecular formula is C10H17N3O2S. The molecule has 0 amide bonds. The minimum Gasteiger partial charge on any atom is -0.282 e. The van der Waals surface area contributed by atoms with Gasteiger partial charge in [0.2, 0.25) is 10.0 Å². The average molecular weight is 243 g/mol. The zero-order valence-electron chi connectivity index (χ0n) is 9.60. The summed E-state index contributed by atoms with van der Waals surface area (Å²) in [6.45, 7) is 4.49. The number of nitrogens with one attached hydrogen (secondary N) is 1. The molecule has 5 nitrogen and oxygen atoms in total. The smallest absolute Gasteiger partial charge is 0.216 e. The number of nitrogens with zero attached hydrogens (tertiary/aromatic N) is 2. The molecule has 1 aromatic rings. The highest BCUT2D eigenvalue weighted by molar-refractivity contribution is 7.89. The minimum absolute atomic E-state index is 0.360. The highest BCUT2D eigenvalue weighted by Crippen LogP contribution is 2.20. The van der Waals surface area contributed by atoms with E-state index in [1.54, 1.807) is 24.3 Å². The van der Waals surface area contributed by atoms with Crippen molar-refractivity contribution in [3.05, 3.63) is 17.5 Å². The van der Waals surface area contributed by atoms with E-state index >= 15 is 0 Å². The molecule has 90 valence electrons. The SMILES string of the molecule is CC(C)S(=O)(=O)N1CCCc2[nH]ncc2C1. The Kier molecular flexibility index (Phi) is 3.03. The maximum Gasteiger partial charge on any atom is 0.216 e. The molecule has 0 saturated carbocycles. The van der Waals surface area contributed by atoms with E-state index in [0.717, 1.165) is 24.1 Å². The van der Waals surface area contributed by atoms with Crippen LogP contribution in [0.3, 0.4) is 0 Å². The molecule has 1 aromatic heterocycles. The average Bonchev–Trinajstić information content (AvgIpc) is 2.55. The van der Waals surface area contributed by atoms with Gasteiger partial charge in [0.05, 0.1) is 11.4 Å². The van der Waals surface area contributed by atoms with Gasteiger partial charge in [0.25, 0.3) is 0 Å². The topological polar surface area (TPSA) is 66.1 Å². The number of aromatic amines is 1. The summed E-state index contributed by atoms with van der Waals surface area (Å²) in [5, 5.41) is 6.53. The Morgan fingerprint density at radius 3 is 2.94 bits per heavy atom. The molecule has 16 heavy (non-hydrogen) atoms. The molecule has 0 unspecified atom stereocenters. The van der Waals surface area contributed by atoms with Gasteiger partial charge in [-0.1, -0.05) is 0 Å². The summed E-state index contributed by atoms with van der Waals surface area (Å²) in [7, 11) is -3.15. The van der Waals surface area contributed by atoms with E-state index in [1.807, 2.05) is 0 Å². The zero-order valence-corrected chi connectivity index (χ0v) is 10.4. The van der Waals surface area contributed by atoms with Crippen LogP contribution < -0.4 is 0 Å². The highest BCUT2D eigenvalue weighted by Gasteiger charge is 2.28. The summed E-state index contributed by atoms with van der Waals surface area (Å²) < 4.78 is 25.7. The number of sulfonamides is 1. The van der Waals surface area contributed by atoms with Gasteiger partial charge in [-0.15, -0.1) is 0 Å². The first kappa shape index (κ1) is 11.6. The molecule has 2 rings (SSSR count). The summed E-state index contributed by atoms with van der Waals surface area (Å²) >= 11 is 0. The Hall–Kier alpha value is -0.880. The van der Waals surface area contributed by atoms with E-state index in [0.29, 0.717) is 13.1 Å². The van der Waals surface area contributed by atoms with Gasteiger partial charge in [-0.25, -0.2) is 8.42 Å². The third-order valence-electron chi connectivity index (χ3n) is 2.94. The largest absolute Gasteiger partial charge is 0.282 e. The lowest BCUT2D eigenvalue weighted by Gasteiger charge is -2.22. The number of rotatable bonds is 2. The minimum atomic E-state index is -3.15. The lowest BCUT2D eigenvalue weighted by atomic mass is 10.2. The van der Waals surface area contributed by atoms with Crippen molar-refractivity contribution in [1.29, 1.82) is 0 Å². The summed E-state index contributed by atoms with van der Waals surface area (Å²) in [6, 6.07) is 0. The Balaban J connectivity index is 2.27. The van der Waals surface area contributed by atoms with Crippen LogP contribution >= 0.6 is 0 Å². The van der Waals surface area contributed by atoms with E-state index in [2.05, 4.69) is 10.2 Å². The summed E-state index contributed by atoms with van der Waals surface area (Å²) in [5.74, 6) is 0. The second kappa shape index (κ2) is 4.18. The first-order valence-electron chi connectivity index (χ1n) is 5.52. The predicted molar refractivity (Wildman–Crippen MR) is 61.4 cm³/mol. The van der Waals surface area contributed by atoms with Crippen molar-refractivity contribution in [2.45, 2.75) is 38.5 Å². The third-order valence-corrected chi connectivity index (χ3v) is 5.17. The van der Waals surface area contributed by atoms with Crippen molar-refractivity contribution in [2.75, 3.05) is 6.54 Å². The van der Waals surface area contributed by atoms with Crippen LogP contribution in [0.25, 0.3) is 0 Å². The van der Waals surface area contributed by atoms with E-state index in [9.17, 15) is 8.42 Å². The standard InChI is InChI=1S/C10H17N3O2S/c1-8(2)16(14,15)13-5-3-4-10-9(7-13)6-11-12-10/h6,8H,3-5,7H2,1-2H3,(H,11,12). The first-order valence-corrected chi connectivity index (χ1v) is 7.02. The van der Waals surface area contributed by atoms with Crippen molar-refractivity contribution < 1.29 is 8.42 Å². The normalized spacial score (nSPS) is 18.4. The lowest BCUT2D eigenvalue weighted by Crippen LogP contribution is -2.35. The Morgan fingerprint density at radius 1 is 1.50 bits per heavy atom. The van der Waals surface area contributed by atoms with Crippen molar-refractivity contribution >= 4 is 10.0 Å². The van der Waals surface area contributed by atoms with E-state index < -0.39 is 10.0 Å². The second-order valence-corrected chi connectivity index (χ2v) is 6.89. The molecular weight excluding hydrogens is 226 g/mol. The quantitative estimate of drug-likeness (QED) is 0.839. The number of aromatic nitrogens is 2. The maximum atomic E-state index is 12.1. The fourth-order valence-electron chi connectivity index (χ4n) is 1.91. The number of aryl methyl sites for hydroxylation is 1. The van der Waals surface area contributed by atoms with Crippen LogP contribution in [0.15, 0.2) is 6.20 Å². The molecule has 1 aliphatic rings. The predicted octanol–water partition coefficient (Wildman–Crippen LogP) is 0.896. The molecule has 0 aliphatic carbocycles. The summed E-state index contributed by atoms with van der Waals surface area (Å²) in [5.41, 5.74) is 2.07. The highest BCUT2D eigenvalue weighted by atomic mass is 32.2. The third kappa shape index (κ3) is 1.99. The van der Waals surface area contributed by atoms with Crippen LogP contribution in [0.2, 0.25) is 0 Å². The van der Waals surface area contributed by atoms with Gasteiger partial charge >= 0.3 is 0 Å². The zero-order chi connectivity index (χ0) is 11.8. The van der Waals surface area contributed by atoms with Crippen LogP contribution in [0, 0.1) is 0 Å². The van der Waals surface area contributed by atoms with Gasteiger partial charge in [0.1, 0.15) is 0 Å². The van der Waals surface area contributed by atoms with E-state index in [-0.39, 0.29) is 5.25 Å². The van der Waals surface area contributed by atoms with Gasteiger partial charge in [-0.3, -0.25) is 5.10 Å². The molecule has 0 atom stereocenters. The monoisotopic (exact) mass is 243 g/mol. The fourth-order valence-corrected chi connectivity index (χ4v) is 3.21. The Bertz CT molecular complexity index is 464. The van der Waals surface area contributed by atoms with Gasteiger partial charge in [0.15, 0.2) is 0 Å². The van der Waals surface area contributed by atoms with Crippen molar-refractivity contribution in [2.24, 2.45) is 0 Å². The van der Waals surface area contributed by atoms with Gasteiger partial charge in [-0.2, -0.15) is 9.40 Å². The number of hydrogen-bond donors (Lipinski definition) is 1. The lowest BCUT2D eigenvalue weighted by molar-refractivity contribution is 0.404. The molecule has 0 fully saturated rings. The number of H-pyrrole nitrogens is 1. The molecule has 2 heterocycles. The maximum absolute atomic E-state index is 12.1. The van der Waals surface area contributed by atoms with Crippen LogP contribution in [-0.4, -0.2) is 34.7 Å². The van der Waals surface area contributed by atoms with E-state index in [1.165, 1.54) is 0 Å². The molecule has 0 aromatic carbocycles. The molecule has 6 heteroatoms. The second-order valence-electron chi connectivity index (χ2n) is 4.40. The van der Waals surface area contributed by atoms with Gasteiger partial charge in [-0.05, 0) is 26.7 Å². The summed E-state index contributed by atoms with van der Waals surface area (Å²) in [4.78, 5) is 0. The van der Waals surface area contributed by atoms with Crippen molar-refractivity contribution in [3.8, 4) is 0 Å². The van der Waals surface area contributed by atoms with Crippen LogP contribution in [0.1, 0.15) is 31.5 Å². The molecule has 1 N–H and O–H groups in total. The fraction of sp³-hybridized carbons (Fsp3) is 0.700. The van der Waals surface area contributed by atoms with Gasteiger partial charge < -0.3 is 0 Å². The van der Waals surface area contributed by atoms with Gasteiger partial charge in [0, 0.05) is 24.3 Å². The molecule has 0 spiro atoms. The van der Waals surface area contributed by atoms with Crippen molar-refractivity contribution in [3.63, 3.8) is 0 Å². The van der Waals surface area contributed by atoms with E-state index in [4.69, 9.17) is 0 Å². The molecule has 0 saturated heterocycles. The summed E-state index contributed by atoms with van der Waals surface area (Å²) in [6.07, 6.45) is 3.45. The first-order chi connectivity index (χ1) is 7.51. The number of hydrogen-bond acceptors (Lipinski definition) is 3. The van der Waals surface area contributed by atoms with Crippen LogP contribution in [0.5, 0.6) is 0 Å². The van der Waals surface area contributed by atoms with Crippen molar-refractivity contribution in [1.82, 2.24) is 14.5 Å². The Morgan fingerprint density at radius 2 is 2.25 bits per heavy atom. The van der Waals surface area contributed by atoms with Crippen LogP contribution in [-0.2, 0) is 23.0 Å². The number of fused-ring (bicyclic) bond motifs is 1. The van der Waals surface area contributed by atoms with Crippen LogP contribution in [0.4, 0.5) is 0 Å².